The second-order valence-corrected chi connectivity index (χ2v) is 3.67. The third-order valence-corrected chi connectivity index (χ3v) is 2.34. The molecule has 0 aromatic heterocycles. The Morgan fingerprint density at radius 1 is 1.11 bits per heavy atom. The van der Waals surface area contributed by atoms with E-state index in [0.717, 1.165) is 0 Å². The van der Waals surface area contributed by atoms with Crippen LogP contribution in [0.4, 0.5) is 10.1 Å². The summed E-state index contributed by atoms with van der Waals surface area (Å²) in [5.74, 6) is 0.664. The van der Waals surface area contributed by atoms with Gasteiger partial charge in [0, 0.05) is 12.1 Å². The van der Waals surface area contributed by atoms with Gasteiger partial charge in [0.05, 0.1) is 12.3 Å². The van der Waals surface area contributed by atoms with Gasteiger partial charge in [-0.3, -0.25) is 0 Å². The highest BCUT2D eigenvalue weighted by molar-refractivity contribution is 5.57. The minimum atomic E-state index is -0.491. The fourth-order valence-electron chi connectivity index (χ4n) is 1.52. The van der Waals surface area contributed by atoms with Crippen molar-refractivity contribution in [2.24, 2.45) is 0 Å². The summed E-state index contributed by atoms with van der Waals surface area (Å²) in [6.07, 6.45) is 0. The molecule has 2 aromatic carbocycles. The van der Waals surface area contributed by atoms with Crippen LogP contribution in [0.25, 0.3) is 0 Å². The van der Waals surface area contributed by atoms with Crippen molar-refractivity contribution in [1.82, 2.24) is 0 Å². The molecule has 18 heavy (non-hydrogen) atoms. The van der Waals surface area contributed by atoms with E-state index in [1.54, 1.807) is 19.1 Å². The summed E-state index contributed by atoms with van der Waals surface area (Å²) in [7, 11) is 0. The summed E-state index contributed by atoms with van der Waals surface area (Å²) in [5, 5.41) is 0. The maximum absolute atomic E-state index is 13.5. The number of hydrogen-bond donors (Lipinski definition) is 1. The van der Waals surface area contributed by atoms with Crippen molar-refractivity contribution in [2.75, 3.05) is 12.3 Å². The third kappa shape index (κ3) is 2.71. The molecule has 0 radical (unpaired) electrons. The Morgan fingerprint density at radius 2 is 1.83 bits per heavy atom. The van der Waals surface area contributed by atoms with Gasteiger partial charge >= 0.3 is 0 Å². The van der Waals surface area contributed by atoms with Gasteiger partial charge in [0.15, 0.2) is 17.3 Å². The third-order valence-electron chi connectivity index (χ3n) is 2.34. The Kier molecular flexibility index (Phi) is 3.67. The summed E-state index contributed by atoms with van der Waals surface area (Å²) < 4.78 is 24.2. The molecule has 0 bridgehead atoms. The number of hydrogen-bond acceptors (Lipinski definition) is 3. The van der Waals surface area contributed by atoms with Crippen LogP contribution < -0.4 is 15.2 Å². The van der Waals surface area contributed by atoms with Gasteiger partial charge in [-0.2, -0.15) is 0 Å². The van der Waals surface area contributed by atoms with Crippen LogP contribution in [0.15, 0.2) is 42.5 Å². The molecule has 0 atom stereocenters. The van der Waals surface area contributed by atoms with Crippen LogP contribution >= 0.6 is 0 Å². The first-order valence-electron chi connectivity index (χ1n) is 5.65. The zero-order valence-corrected chi connectivity index (χ0v) is 10.0. The molecule has 0 aliphatic carbocycles. The molecule has 94 valence electrons. The maximum atomic E-state index is 13.5. The second kappa shape index (κ2) is 5.40. The number of rotatable bonds is 4. The van der Waals surface area contributed by atoms with E-state index in [9.17, 15) is 4.39 Å². The number of nitrogens with two attached hydrogens (primary N) is 1. The molecule has 4 heteroatoms. The Labute approximate surface area is 105 Å². The molecule has 0 fully saturated rings. The molecule has 0 saturated heterocycles. The summed E-state index contributed by atoms with van der Waals surface area (Å²) in [4.78, 5) is 0. The van der Waals surface area contributed by atoms with Gasteiger partial charge in [-0.05, 0) is 19.1 Å². The van der Waals surface area contributed by atoms with Crippen molar-refractivity contribution >= 4 is 5.69 Å². The summed E-state index contributed by atoms with van der Waals surface area (Å²) in [6, 6.07) is 11.8. The van der Waals surface area contributed by atoms with E-state index in [4.69, 9.17) is 15.2 Å². The number of benzene rings is 2. The first-order chi connectivity index (χ1) is 8.70. The quantitative estimate of drug-likeness (QED) is 0.839. The van der Waals surface area contributed by atoms with Gasteiger partial charge in [-0.1, -0.05) is 18.2 Å². The van der Waals surface area contributed by atoms with Crippen LogP contribution in [0.2, 0.25) is 0 Å². The monoisotopic (exact) mass is 247 g/mol. The van der Waals surface area contributed by atoms with Gasteiger partial charge in [0.25, 0.3) is 0 Å². The van der Waals surface area contributed by atoms with Crippen LogP contribution in [-0.4, -0.2) is 6.61 Å². The Morgan fingerprint density at radius 3 is 2.50 bits per heavy atom. The fourth-order valence-corrected chi connectivity index (χ4v) is 1.52. The van der Waals surface area contributed by atoms with Crippen molar-refractivity contribution in [3.8, 4) is 17.2 Å². The predicted octanol–water partition coefficient (Wildman–Crippen LogP) is 3.60. The van der Waals surface area contributed by atoms with E-state index in [1.165, 1.54) is 12.1 Å². The molecule has 2 aromatic rings. The number of halogens is 1. The molecular weight excluding hydrogens is 233 g/mol. The minimum Gasteiger partial charge on any atom is -0.491 e. The van der Waals surface area contributed by atoms with Crippen LogP contribution in [0.5, 0.6) is 17.2 Å². The van der Waals surface area contributed by atoms with Gasteiger partial charge < -0.3 is 15.2 Å². The van der Waals surface area contributed by atoms with Crippen LogP contribution in [0, 0.1) is 5.82 Å². The molecule has 3 nitrogen and oxygen atoms in total. The van der Waals surface area contributed by atoms with Crippen LogP contribution in [0.1, 0.15) is 6.92 Å². The zero-order chi connectivity index (χ0) is 13.0. The van der Waals surface area contributed by atoms with Crippen molar-refractivity contribution in [2.45, 2.75) is 6.92 Å². The Balaban J connectivity index is 2.30. The number of anilines is 1. The summed E-state index contributed by atoms with van der Waals surface area (Å²) in [5.41, 5.74) is 5.95. The fraction of sp³-hybridized carbons (Fsp3) is 0.143. The SMILES string of the molecule is CCOc1cc(Oc2ccccc2)c(N)cc1F. The molecule has 0 spiro atoms. The maximum Gasteiger partial charge on any atom is 0.167 e. The predicted molar refractivity (Wildman–Crippen MR) is 68.5 cm³/mol. The van der Waals surface area contributed by atoms with E-state index in [2.05, 4.69) is 0 Å². The number of nitrogen functional groups attached to an aromatic ring is 1. The highest BCUT2D eigenvalue weighted by Gasteiger charge is 2.10. The van der Waals surface area contributed by atoms with Crippen molar-refractivity contribution in [1.29, 1.82) is 0 Å². The Hall–Kier alpha value is -2.23. The van der Waals surface area contributed by atoms with Crippen LogP contribution in [-0.2, 0) is 0 Å². The molecule has 0 aliphatic rings. The van der Waals surface area contributed by atoms with Gasteiger partial charge in [0.1, 0.15) is 5.75 Å². The van der Waals surface area contributed by atoms with Crippen LogP contribution in [0.3, 0.4) is 0 Å². The molecular formula is C14H14FNO2. The number of para-hydroxylation sites is 1. The first kappa shape index (κ1) is 12.2. The number of ether oxygens (including phenoxy) is 2. The first-order valence-corrected chi connectivity index (χ1v) is 5.65. The smallest absolute Gasteiger partial charge is 0.167 e. The lowest BCUT2D eigenvalue weighted by atomic mass is 10.2. The molecule has 0 aliphatic heterocycles. The second-order valence-electron chi connectivity index (χ2n) is 3.67. The lowest BCUT2D eigenvalue weighted by Crippen LogP contribution is -1.98. The molecule has 2 rings (SSSR count). The molecule has 0 saturated carbocycles. The molecule has 0 unspecified atom stereocenters. The topological polar surface area (TPSA) is 44.5 Å². The van der Waals surface area contributed by atoms with E-state index >= 15 is 0 Å². The Bertz CT molecular complexity index is 529. The van der Waals surface area contributed by atoms with E-state index in [1.807, 2.05) is 18.2 Å². The normalized spacial score (nSPS) is 10.1. The van der Waals surface area contributed by atoms with E-state index < -0.39 is 5.82 Å². The van der Waals surface area contributed by atoms with Gasteiger partial charge in [-0.25, -0.2) is 4.39 Å². The van der Waals surface area contributed by atoms with E-state index in [-0.39, 0.29) is 11.4 Å². The van der Waals surface area contributed by atoms with Gasteiger partial charge in [-0.15, -0.1) is 0 Å². The summed E-state index contributed by atoms with van der Waals surface area (Å²) in [6.45, 7) is 2.17. The van der Waals surface area contributed by atoms with Crippen molar-refractivity contribution in [3.63, 3.8) is 0 Å². The lowest BCUT2D eigenvalue weighted by Gasteiger charge is -2.11. The largest absolute Gasteiger partial charge is 0.491 e. The van der Waals surface area contributed by atoms with Crippen molar-refractivity contribution in [3.05, 3.63) is 48.3 Å². The minimum absolute atomic E-state index is 0.137. The zero-order valence-electron chi connectivity index (χ0n) is 10.0. The average Bonchev–Trinajstić information content (AvgIpc) is 2.37. The van der Waals surface area contributed by atoms with E-state index in [0.29, 0.717) is 18.1 Å². The molecule has 0 heterocycles. The van der Waals surface area contributed by atoms with Gasteiger partial charge in [0.2, 0.25) is 0 Å². The summed E-state index contributed by atoms with van der Waals surface area (Å²) >= 11 is 0. The molecule has 2 N–H and O–H groups in total. The molecule has 0 amide bonds. The highest BCUT2D eigenvalue weighted by atomic mass is 19.1. The average molecular weight is 247 g/mol. The highest BCUT2D eigenvalue weighted by Crippen LogP contribution is 2.33. The van der Waals surface area contributed by atoms with Crippen molar-refractivity contribution < 1.29 is 13.9 Å². The standard InChI is InChI=1S/C14H14FNO2/c1-2-17-13-9-14(12(16)8-11(13)15)18-10-6-4-3-5-7-10/h3-9H,2,16H2,1H3. The lowest BCUT2D eigenvalue weighted by molar-refractivity contribution is 0.319.